The first-order chi connectivity index (χ1) is 6.81. The zero-order valence-corrected chi connectivity index (χ0v) is 8.64. The number of rotatable bonds is 3. The maximum Gasteiger partial charge on any atom is 0.196 e. The monoisotopic (exact) mass is 227 g/mol. The number of Topliss-reactive ketones (excluding diaryl/α,β-unsaturated/α-hetero) is 1. The normalized spacial score (nSPS) is 10.4. The third-order valence-electron chi connectivity index (χ3n) is 1.68. The zero-order chi connectivity index (χ0) is 9.97. The maximum atomic E-state index is 11.2. The second kappa shape index (κ2) is 3.94. The summed E-state index contributed by atoms with van der Waals surface area (Å²) in [5.41, 5.74) is 1.30. The van der Waals surface area contributed by atoms with Crippen molar-refractivity contribution < 1.29 is 9.21 Å². The van der Waals surface area contributed by atoms with E-state index in [1.54, 1.807) is 24.0 Å². The van der Waals surface area contributed by atoms with Crippen LogP contribution in [0.25, 0.3) is 10.6 Å². The Hall–Kier alpha value is -1.13. The van der Waals surface area contributed by atoms with Crippen LogP contribution in [-0.4, -0.2) is 16.6 Å². The molecule has 0 aromatic carbocycles. The lowest BCUT2D eigenvalue weighted by atomic mass is 10.3. The van der Waals surface area contributed by atoms with E-state index in [1.807, 2.05) is 0 Å². The van der Waals surface area contributed by atoms with Crippen molar-refractivity contribution in [1.29, 1.82) is 0 Å². The van der Waals surface area contributed by atoms with Gasteiger partial charge < -0.3 is 4.42 Å². The molecule has 0 saturated carbocycles. The zero-order valence-electron chi connectivity index (χ0n) is 7.07. The van der Waals surface area contributed by atoms with E-state index in [4.69, 9.17) is 16.0 Å². The molecule has 72 valence electrons. The second-order valence-corrected chi connectivity index (χ2v) is 3.73. The predicted octanol–water partition coefficient (Wildman–Crippen LogP) is 2.82. The van der Waals surface area contributed by atoms with E-state index in [0.717, 1.165) is 10.6 Å². The molecule has 0 saturated heterocycles. The average Bonchev–Trinajstić information content (AvgIpc) is 2.86. The minimum Gasteiger partial charge on any atom is -0.472 e. The Morgan fingerprint density at radius 3 is 3.14 bits per heavy atom. The van der Waals surface area contributed by atoms with Crippen molar-refractivity contribution in [3.8, 4) is 10.6 Å². The number of thiazole rings is 1. The van der Waals surface area contributed by atoms with Crippen molar-refractivity contribution in [2.75, 3.05) is 5.88 Å². The summed E-state index contributed by atoms with van der Waals surface area (Å²) in [6.45, 7) is 0. The molecule has 0 aliphatic rings. The number of nitrogens with zero attached hydrogens (tertiary/aromatic N) is 1. The van der Waals surface area contributed by atoms with E-state index < -0.39 is 0 Å². The SMILES string of the molecule is O=C(CCl)c1csc(-c2ccoc2)n1. The van der Waals surface area contributed by atoms with Crippen molar-refractivity contribution in [3.05, 3.63) is 29.7 Å². The molecule has 0 spiro atoms. The standard InChI is InChI=1S/C9H6ClNO2S/c10-3-8(12)7-5-14-9(11-7)6-1-2-13-4-6/h1-2,4-5H,3H2. The molecule has 0 fully saturated rings. The Kier molecular flexibility index (Phi) is 2.65. The van der Waals surface area contributed by atoms with E-state index in [1.165, 1.54) is 11.3 Å². The van der Waals surface area contributed by atoms with E-state index in [-0.39, 0.29) is 11.7 Å². The van der Waals surface area contributed by atoms with Gasteiger partial charge in [0.2, 0.25) is 0 Å². The molecular weight excluding hydrogens is 222 g/mol. The molecule has 0 radical (unpaired) electrons. The molecule has 2 rings (SSSR count). The van der Waals surface area contributed by atoms with E-state index in [2.05, 4.69) is 4.98 Å². The number of carbonyl (C=O) groups is 1. The molecule has 5 heteroatoms. The van der Waals surface area contributed by atoms with Gasteiger partial charge in [-0.1, -0.05) is 0 Å². The number of hydrogen-bond acceptors (Lipinski definition) is 4. The largest absolute Gasteiger partial charge is 0.472 e. The lowest BCUT2D eigenvalue weighted by molar-refractivity contribution is 0.101. The van der Waals surface area contributed by atoms with Crippen molar-refractivity contribution in [3.63, 3.8) is 0 Å². The highest BCUT2D eigenvalue weighted by Crippen LogP contribution is 2.24. The summed E-state index contributed by atoms with van der Waals surface area (Å²) in [6, 6.07) is 1.80. The summed E-state index contributed by atoms with van der Waals surface area (Å²) in [7, 11) is 0. The highest BCUT2D eigenvalue weighted by molar-refractivity contribution is 7.13. The number of halogens is 1. The molecule has 0 bridgehead atoms. The van der Waals surface area contributed by atoms with E-state index >= 15 is 0 Å². The Balaban J connectivity index is 2.31. The summed E-state index contributed by atoms with van der Waals surface area (Å²) in [4.78, 5) is 15.3. The van der Waals surface area contributed by atoms with Crippen LogP contribution >= 0.6 is 22.9 Å². The van der Waals surface area contributed by atoms with Crippen molar-refractivity contribution in [1.82, 2.24) is 4.98 Å². The van der Waals surface area contributed by atoms with Gasteiger partial charge in [0.25, 0.3) is 0 Å². The lowest BCUT2D eigenvalue weighted by Crippen LogP contribution is -1.99. The topological polar surface area (TPSA) is 43.1 Å². The van der Waals surface area contributed by atoms with Crippen molar-refractivity contribution in [2.24, 2.45) is 0 Å². The molecule has 0 atom stereocenters. The molecular formula is C9H6ClNO2S. The predicted molar refractivity (Wildman–Crippen MR) is 54.9 cm³/mol. The molecule has 0 aliphatic heterocycles. The summed E-state index contributed by atoms with van der Waals surface area (Å²) in [5, 5.41) is 2.47. The first kappa shape index (κ1) is 9.43. The molecule has 2 heterocycles. The van der Waals surface area contributed by atoms with Crippen LogP contribution in [0.5, 0.6) is 0 Å². The van der Waals surface area contributed by atoms with Crippen LogP contribution in [0, 0.1) is 0 Å². The third-order valence-corrected chi connectivity index (χ3v) is 2.81. The number of aromatic nitrogens is 1. The number of hydrogen-bond donors (Lipinski definition) is 0. The van der Waals surface area contributed by atoms with Gasteiger partial charge in [-0.05, 0) is 6.07 Å². The van der Waals surface area contributed by atoms with Gasteiger partial charge >= 0.3 is 0 Å². The van der Waals surface area contributed by atoms with Crippen LogP contribution in [0.4, 0.5) is 0 Å². The number of carbonyl (C=O) groups excluding carboxylic acids is 1. The minimum atomic E-state index is -0.155. The Morgan fingerprint density at radius 1 is 1.64 bits per heavy atom. The van der Waals surface area contributed by atoms with Gasteiger partial charge in [0.1, 0.15) is 17.0 Å². The fraction of sp³-hybridized carbons (Fsp3) is 0.111. The highest BCUT2D eigenvalue weighted by atomic mass is 35.5. The first-order valence-electron chi connectivity index (χ1n) is 3.88. The van der Waals surface area contributed by atoms with Gasteiger partial charge in [-0.2, -0.15) is 0 Å². The fourth-order valence-electron chi connectivity index (χ4n) is 0.989. The van der Waals surface area contributed by atoms with Crippen LogP contribution in [0.15, 0.2) is 28.4 Å². The molecule has 3 nitrogen and oxygen atoms in total. The number of alkyl halides is 1. The summed E-state index contributed by atoms with van der Waals surface area (Å²) >= 11 is 6.82. The van der Waals surface area contributed by atoms with Gasteiger partial charge in [-0.25, -0.2) is 4.98 Å². The quantitative estimate of drug-likeness (QED) is 0.598. The van der Waals surface area contributed by atoms with Gasteiger partial charge in [0.05, 0.1) is 12.1 Å². The van der Waals surface area contributed by atoms with Crippen LogP contribution in [0.2, 0.25) is 0 Å². The minimum absolute atomic E-state index is 0.0332. The molecule has 0 N–H and O–H groups in total. The summed E-state index contributed by atoms with van der Waals surface area (Å²) in [5.74, 6) is -0.188. The highest BCUT2D eigenvalue weighted by Gasteiger charge is 2.10. The third kappa shape index (κ3) is 1.71. The lowest BCUT2D eigenvalue weighted by Gasteiger charge is -1.87. The Bertz CT molecular complexity index is 435. The van der Waals surface area contributed by atoms with Crippen molar-refractivity contribution >= 4 is 28.7 Å². The molecule has 0 aliphatic carbocycles. The molecule has 14 heavy (non-hydrogen) atoms. The van der Waals surface area contributed by atoms with Crippen molar-refractivity contribution in [2.45, 2.75) is 0 Å². The van der Waals surface area contributed by atoms with Crippen LogP contribution in [0.1, 0.15) is 10.5 Å². The van der Waals surface area contributed by atoms with Gasteiger partial charge in [0.15, 0.2) is 5.78 Å². The smallest absolute Gasteiger partial charge is 0.196 e. The average molecular weight is 228 g/mol. The van der Waals surface area contributed by atoms with Gasteiger partial charge in [-0.3, -0.25) is 4.79 Å². The van der Waals surface area contributed by atoms with Crippen LogP contribution in [-0.2, 0) is 0 Å². The van der Waals surface area contributed by atoms with Gasteiger partial charge in [0, 0.05) is 10.9 Å². The van der Waals surface area contributed by atoms with E-state index in [9.17, 15) is 4.79 Å². The first-order valence-corrected chi connectivity index (χ1v) is 5.30. The fourth-order valence-corrected chi connectivity index (χ4v) is 1.94. The Labute approximate surface area is 89.3 Å². The summed E-state index contributed by atoms with van der Waals surface area (Å²) < 4.78 is 4.92. The molecule has 0 amide bonds. The van der Waals surface area contributed by atoms with Gasteiger partial charge in [-0.15, -0.1) is 22.9 Å². The molecule has 2 aromatic rings. The van der Waals surface area contributed by atoms with E-state index in [0.29, 0.717) is 5.69 Å². The second-order valence-electron chi connectivity index (χ2n) is 2.61. The van der Waals surface area contributed by atoms with Crippen LogP contribution < -0.4 is 0 Å². The van der Waals surface area contributed by atoms with Crippen LogP contribution in [0.3, 0.4) is 0 Å². The molecule has 2 aromatic heterocycles. The molecule has 0 unspecified atom stereocenters. The summed E-state index contributed by atoms with van der Waals surface area (Å²) in [6.07, 6.45) is 3.16. The number of ketones is 1. The maximum absolute atomic E-state index is 11.2. The Morgan fingerprint density at radius 2 is 2.50 bits per heavy atom. The number of furan rings is 1.